The highest BCUT2D eigenvalue weighted by atomic mass is 35.5. The largest absolute Gasteiger partial charge is 0.504 e. The first-order chi connectivity index (χ1) is 10.3. The Morgan fingerprint density at radius 2 is 1.91 bits per heavy atom. The number of hydrogen-bond acceptors (Lipinski definition) is 5. The summed E-state index contributed by atoms with van der Waals surface area (Å²) in [5, 5.41) is 18.6. The van der Waals surface area contributed by atoms with E-state index < -0.39 is 9.84 Å². The third-order valence-electron chi connectivity index (χ3n) is 3.14. The van der Waals surface area contributed by atoms with Gasteiger partial charge in [0.2, 0.25) is 9.84 Å². The van der Waals surface area contributed by atoms with Crippen LogP contribution < -0.4 is 4.74 Å². The van der Waals surface area contributed by atoms with Gasteiger partial charge in [-0.25, -0.2) is 8.42 Å². The van der Waals surface area contributed by atoms with Crippen LogP contribution in [0, 0.1) is 18.3 Å². The van der Waals surface area contributed by atoms with Gasteiger partial charge in [0, 0.05) is 6.07 Å². The lowest BCUT2D eigenvalue weighted by atomic mass is 10.1. The quantitative estimate of drug-likeness (QED) is 0.930. The molecule has 0 aromatic heterocycles. The molecule has 114 valence electrons. The zero-order valence-corrected chi connectivity index (χ0v) is 13.4. The fraction of sp³-hybridized carbons (Fsp3) is 0.133. The first-order valence-electron chi connectivity index (χ1n) is 6.13. The molecule has 0 saturated heterocycles. The molecule has 0 fully saturated rings. The van der Waals surface area contributed by atoms with E-state index in [2.05, 4.69) is 0 Å². The number of methoxy groups -OCH3 is 1. The third-order valence-corrected chi connectivity index (χ3v) is 5.17. The minimum Gasteiger partial charge on any atom is -0.504 e. The molecule has 0 heterocycles. The Morgan fingerprint density at radius 3 is 2.45 bits per heavy atom. The highest BCUT2D eigenvalue weighted by Crippen LogP contribution is 2.33. The van der Waals surface area contributed by atoms with Crippen LogP contribution in [0.25, 0.3) is 0 Å². The Balaban J connectivity index is 2.64. The molecule has 0 bridgehead atoms. The van der Waals surface area contributed by atoms with Crippen molar-refractivity contribution >= 4 is 21.4 Å². The predicted octanol–water partition coefficient (Wildman–Crippen LogP) is 3.07. The van der Waals surface area contributed by atoms with Gasteiger partial charge in [-0.15, -0.1) is 0 Å². The van der Waals surface area contributed by atoms with Crippen LogP contribution in [-0.2, 0) is 9.84 Å². The van der Waals surface area contributed by atoms with Crippen molar-refractivity contribution in [2.75, 3.05) is 7.11 Å². The summed E-state index contributed by atoms with van der Waals surface area (Å²) >= 11 is 5.96. The zero-order valence-electron chi connectivity index (χ0n) is 11.8. The van der Waals surface area contributed by atoms with E-state index in [4.69, 9.17) is 21.6 Å². The maximum absolute atomic E-state index is 12.6. The Kier molecular flexibility index (Phi) is 4.31. The lowest BCUT2D eigenvalue weighted by Gasteiger charge is -2.10. The Morgan fingerprint density at radius 1 is 1.23 bits per heavy atom. The number of nitriles is 1. The van der Waals surface area contributed by atoms with Gasteiger partial charge in [0.1, 0.15) is 6.07 Å². The highest BCUT2D eigenvalue weighted by Gasteiger charge is 2.21. The second-order valence-electron chi connectivity index (χ2n) is 4.55. The van der Waals surface area contributed by atoms with E-state index in [1.165, 1.54) is 37.4 Å². The fourth-order valence-corrected chi connectivity index (χ4v) is 3.73. The summed E-state index contributed by atoms with van der Waals surface area (Å²) in [5.41, 5.74) is 0.711. The van der Waals surface area contributed by atoms with Crippen LogP contribution in [-0.4, -0.2) is 20.6 Å². The van der Waals surface area contributed by atoms with E-state index in [1.54, 1.807) is 6.92 Å². The van der Waals surface area contributed by atoms with Crippen LogP contribution in [0.1, 0.15) is 11.1 Å². The van der Waals surface area contributed by atoms with Crippen molar-refractivity contribution in [3.05, 3.63) is 46.5 Å². The lowest BCUT2D eigenvalue weighted by Crippen LogP contribution is -2.04. The summed E-state index contributed by atoms with van der Waals surface area (Å²) in [6, 6.07) is 8.29. The van der Waals surface area contributed by atoms with E-state index in [-0.39, 0.29) is 31.9 Å². The van der Waals surface area contributed by atoms with E-state index >= 15 is 0 Å². The Bertz CT molecular complexity index is 862. The number of aromatic hydroxyl groups is 1. The van der Waals surface area contributed by atoms with Crippen molar-refractivity contribution in [3.8, 4) is 17.6 Å². The van der Waals surface area contributed by atoms with Gasteiger partial charge >= 0.3 is 0 Å². The van der Waals surface area contributed by atoms with Crippen molar-refractivity contribution in [3.63, 3.8) is 0 Å². The molecule has 0 atom stereocenters. The molecule has 22 heavy (non-hydrogen) atoms. The number of phenols is 1. The molecule has 7 heteroatoms. The molecule has 0 unspecified atom stereocenters. The number of rotatable bonds is 3. The summed E-state index contributed by atoms with van der Waals surface area (Å²) in [7, 11) is -2.52. The van der Waals surface area contributed by atoms with E-state index in [1.807, 2.05) is 6.07 Å². The molecule has 0 aliphatic rings. The molecular weight excluding hydrogens is 326 g/mol. The number of halogens is 1. The monoisotopic (exact) mass is 337 g/mol. The molecule has 0 aliphatic heterocycles. The molecule has 0 radical (unpaired) electrons. The molecule has 2 aromatic rings. The molecule has 2 aromatic carbocycles. The van der Waals surface area contributed by atoms with Crippen molar-refractivity contribution < 1.29 is 18.3 Å². The molecule has 2 rings (SSSR count). The summed E-state index contributed by atoms with van der Waals surface area (Å²) < 4.78 is 30.2. The van der Waals surface area contributed by atoms with Crippen molar-refractivity contribution in [2.45, 2.75) is 16.7 Å². The Hall–Kier alpha value is -2.23. The smallest absolute Gasteiger partial charge is 0.206 e. The minimum absolute atomic E-state index is 0.0262. The Labute approximate surface area is 133 Å². The van der Waals surface area contributed by atoms with Crippen molar-refractivity contribution in [2.24, 2.45) is 0 Å². The van der Waals surface area contributed by atoms with Crippen LogP contribution in [0.15, 0.2) is 40.1 Å². The van der Waals surface area contributed by atoms with Gasteiger partial charge in [-0.3, -0.25) is 0 Å². The maximum atomic E-state index is 12.6. The normalized spacial score (nSPS) is 11.0. The molecule has 0 amide bonds. The van der Waals surface area contributed by atoms with Gasteiger partial charge in [0.05, 0.1) is 27.5 Å². The molecular formula is C15H12ClNO4S. The molecule has 5 nitrogen and oxygen atoms in total. The third kappa shape index (κ3) is 2.73. The molecule has 0 saturated carbocycles. The number of benzene rings is 2. The fourth-order valence-electron chi connectivity index (χ4n) is 1.97. The average Bonchev–Trinajstić information content (AvgIpc) is 2.47. The summed E-state index contributed by atoms with van der Waals surface area (Å²) in [4.78, 5) is -0.0657. The number of ether oxygens (including phenoxy) is 1. The maximum Gasteiger partial charge on any atom is 0.206 e. The second-order valence-corrected chi connectivity index (χ2v) is 6.90. The SMILES string of the molecule is COc1cc(S(=O)(=O)c2cc(C)c(C#N)c(Cl)c2)ccc1O. The second kappa shape index (κ2) is 5.87. The standard InChI is InChI=1S/C15H12ClNO4S/c1-9-5-11(6-13(16)12(9)8-17)22(19,20)10-3-4-14(18)15(7-10)21-2/h3-7,18H,1-2H3. The number of aryl methyl sites for hydroxylation is 1. The topological polar surface area (TPSA) is 87.4 Å². The summed E-state index contributed by atoms with van der Waals surface area (Å²) in [6.07, 6.45) is 0. The van der Waals surface area contributed by atoms with Gasteiger partial charge in [-0.1, -0.05) is 11.6 Å². The number of sulfone groups is 1. The number of hydrogen-bond donors (Lipinski definition) is 1. The van der Waals surface area contributed by atoms with Crippen LogP contribution in [0.4, 0.5) is 0 Å². The van der Waals surface area contributed by atoms with Crippen molar-refractivity contribution in [1.82, 2.24) is 0 Å². The van der Waals surface area contributed by atoms with Crippen LogP contribution in [0.2, 0.25) is 5.02 Å². The van der Waals surface area contributed by atoms with Gasteiger partial charge in [-0.05, 0) is 36.8 Å². The molecule has 0 aliphatic carbocycles. The highest BCUT2D eigenvalue weighted by molar-refractivity contribution is 7.91. The van der Waals surface area contributed by atoms with Gasteiger partial charge in [0.15, 0.2) is 11.5 Å². The summed E-state index contributed by atoms with van der Waals surface area (Å²) in [5.74, 6) is -0.104. The lowest BCUT2D eigenvalue weighted by molar-refractivity contribution is 0.372. The van der Waals surface area contributed by atoms with E-state index in [9.17, 15) is 13.5 Å². The van der Waals surface area contributed by atoms with Crippen LogP contribution >= 0.6 is 11.6 Å². The molecule has 1 N–H and O–H groups in total. The van der Waals surface area contributed by atoms with Crippen LogP contribution in [0.5, 0.6) is 11.5 Å². The molecule has 0 spiro atoms. The average molecular weight is 338 g/mol. The first kappa shape index (κ1) is 16.1. The van der Waals surface area contributed by atoms with Gasteiger partial charge in [0.25, 0.3) is 0 Å². The first-order valence-corrected chi connectivity index (χ1v) is 7.99. The number of nitrogens with zero attached hydrogens (tertiary/aromatic N) is 1. The van der Waals surface area contributed by atoms with E-state index in [0.717, 1.165) is 0 Å². The van der Waals surface area contributed by atoms with Gasteiger partial charge in [-0.2, -0.15) is 5.26 Å². The van der Waals surface area contributed by atoms with Crippen molar-refractivity contribution in [1.29, 1.82) is 5.26 Å². The zero-order chi connectivity index (χ0) is 16.5. The summed E-state index contributed by atoms with van der Waals surface area (Å²) in [6.45, 7) is 1.61. The number of phenolic OH excluding ortho intramolecular Hbond substituents is 1. The van der Waals surface area contributed by atoms with Gasteiger partial charge < -0.3 is 9.84 Å². The minimum atomic E-state index is -3.84. The predicted molar refractivity (Wildman–Crippen MR) is 81.0 cm³/mol. The van der Waals surface area contributed by atoms with E-state index in [0.29, 0.717) is 5.56 Å². The van der Waals surface area contributed by atoms with Crippen LogP contribution in [0.3, 0.4) is 0 Å².